The Morgan fingerprint density at radius 3 is 2.86 bits per heavy atom. The van der Waals surface area contributed by atoms with Crippen LogP contribution in [-0.4, -0.2) is 13.0 Å². The van der Waals surface area contributed by atoms with Gasteiger partial charge in [-0.05, 0) is 0 Å². The third-order valence-electron chi connectivity index (χ3n) is 0.684. The van der Waals surface area contributed by atoms with Crippen LogP contribution in [0.2, 0.25) is 0 Å². The molecule has 40 valence electrons. The number of hydrogen-bond acceptors (Lipinski definition) is 2. The van der Waals surface area contributed by atoms with E-state index in [-0.39, 0.29) is 0 Å². The third-order valence-corrected chi connectivity index (χ3v) is 0.820. The van der Waals surface area contributed by atoms with Crippen molar-refractivity contribution in [2.45, 2.75) is 19.8 Å². The molecule has 0 aromatic heterocycles. The normalized spacial score (nSPS) is 7.57. The zero-order chi connectivity index (χ0) is 5.54. The van der Waals surface area contributed by atoms with Gasteiger partial charge in [-0.3, -0.25) is 0 Å². The zero-order valence-electron chi connectivity index (χ0n) is 4.52. The van der Waals surface area contributed by atoms with Gasteiger partial charge in [-0.15, -0.1) is 0 Å². The van der Waals surface area contributed by atoms with E-state index in [0.29, 0.717) is 0 Å². The van der Waals surface area contributed by atoms with Crippen LogP contribution in [0.4, 0.5) is 0 Å². The van der Waals surface area contributed by atoms with Crippen LogP contribution < -0.4 is 0 Å². The molecule has 0 heterocycles. The Balaban J connectivity index is 2.56. The molecule has 0 saturated carbocycles. The van der Waals surface area contributed by atoms with Crippen LogP contribution in [0.15, 0.2) is 0 Å². The summed E-state index contributed by atoms with van der Waals surface area (Å²) in [6, 6.07) is 0. The quantitative estimate of drug-likeness (QED) is 0.407. The van der Waals surface area contributed by atoms with Crippen LogP contribution in [0, 0.1) is 0 Å². The van der Waals surface area contributed by atoms with E-state index in [1.165, 1.54) is 12.8 Å². The summed E-state index contributed by atoms with van der Waals surface area (Å²) in [5, 5.41) is 0. The summed E-state index contributed by atoms with van der Waals surface area (Å²) in [7, 11) is 0. The van der Waals surface area contributed by atoms with Crippen LogP contribution >= 0.6 is 12.1 Å². The average molecular weight is 116 g/mol. The summed E-state index contributed by atoms with van der Waals surface area (Å²) in [5.41, 5.74) is 0. The Morgan fingerprint density at radius 2 is 2.43 bits per heavy atom. The summed E-state index contributed by atoms with van der Waals surface area (Å²) in [4.78, 5) is 0. The molecule has 0 N–H and O–H groups in total. The van der Waals surface area contributed by atoms with Gasteiger partial charge in [0.25, 0.3) is 0 Å². The summed E-state index contributed by atoms with van der Waals surface area (Å²) < 4.78 is 4.76. The van der Waals surface area contributed by atoms with Gasteiger partial charge in [-0.25, -0.2) is 0 Å². The van der Waals surface area contributed by atoms with E-state index in [4.69, 9.17) is 4.65 Å². The summed E-state index contributed by atoms with van der Waals surface area (Å²) in [6.07, 6.45) is 3.59. The molecule has 7 heavy (non-hydrogen) atoms. The molecule has 0 aromatic rings. The van der Waals surface area contributed by atoms with Crippen molar-refractivity contribution in [1.82, 2.24) is 0 Å². The summed E-state index contributed by atoms with van der Waals surface area (Å²) in [5.74, 6) is 0. The standard InChI is InChI=1S/C4H9BOS/c1-2-3-4-6-5-7/h2-4H2,1H3. The van der Waals surface area contributed by atoms with Crippen molar-refractivity contribution in [2.24, 2.45) is 0 Å². The number of rotatable bonds is 4. The molecule has 0 aromatic carbocycles. The fourth-order valence-corrected chi connectivity index (χ4v) is 0.372. The van der Waals surface area contributed by atoms with Crippen LogP contribution in [0.3, 0.4) is 0 Å². The van der Waals surface area contributed by atoms with Gasteiger partial charge in [-0.1, -0.05) is 0 Å². The van der Waals surface area contributed by atoms with Gasteiger partial charge in [0.05, 0.1) is 0 Å². The van der Waals surface area contributed by atoms with Gasteiger partial charge in [0.2, 0.25) is 0 Å². The first-order valence-electron chi connectivity index (χ1n) is 2.47. The first-order chi connectivity index (χ1) is 3.41. The van der Waals surface area contributed by atoms with Crippen molar-refractivity contribution < 1.29 is 4.65 Å². The molecule has 0 atom stereocenters. The van der Waals surface area contributed by atoms with E-state index in [2.05, 4.69) is 19.0 Å². The molecule has 0 rings (SSSR count). The van der Waals surface area contributed by atoms with Crippen LogP contribution in [0.5, 0.6) is 0 Å². The van der Waals surface area contributed by atoms with Gasteiger partial charge in [-0.2, -0.15) is 0 Å². The van der Waals surface area contributed by atoms with Crippen molar-refractivity contribution in [3.63, 3.8) is 0 Å². The Morgan fingerprint density at radius 1 is 1.71 bits per heavy atom. The summed E-state index contributed by atoms with van der Waals surface area (Å²) >= 11 is 4.42. The predicted octanol–water partition coefficient (Wildman–Crippen LogP) is 1.53. The molecule has 0 amide bonds. The van der Waals surface area contributed by atoms with Crippen LogP contribution in [-0.2, 0) is 4.65 Å². The molecule has 0 spiro atoms. The molecule has 0 saturated heterocycles. The fourth-order valence-electron chi connectivity index (χ4n) is 0.276. The average Bonchev–Trinajstić information content (AvgIpc) is 1.69. The second-order valence-electron chi connectivity index (χ2n) is 1.32. The van der Waals surface area contributed by atoms with Crippen molar-refractivity contribution in [3.8, 4) is 0 Å². The van der Waals surface area contributed by atoms with E-state index in [1.54, 1.807) is 0 Å². The molecule has 0 aliphatic rings. The second-order valence-corrected chi connectivity index (χ2v) is 1.51. The fraction of sp³-hybridized carbons (Fsp3) is 1.00. The van der Waals surface area contributed by atoms with Crippen LogP contribution in [0.1, 0.15) is 19.8 Å². The molecular weight excluding hydrogens is 107 g/mol. The first-order valence-corrected chi connectivity index (χ1v) is 2.94. The van der Waals surface area contributed by atoms with Crippen molar-refractivity contribution in [2.75, 3.05) is 6.61 Å². The minimum atomic E-state index is 0.778. The van der Waals surface area contributed by atoms with Gasteiger partial charge >= 0.3 is 49.4 Å². The maximum absolute atomic E-state index is 4.76. The van der Waals surface area contributed by atoms with Gasteiger partial charge in [0, 0.05) is 0 Å². The van der Waals surface area contributed by atoms with E-state index < -0.39 is 0 Å². The van der Waals surface area contributed by atoms with Crippen molar-refractivity contribution >= 4 is 18.4 Å². The van der Waals surface area contributed by atoms with Gasteiger partial charge in [0.1, 0.15) is 0 Å². The Hall–Kier alpha value is 0.0849. The SMILES string of the molecule is CCCCOB=S. The molecule has 3 heteroatoms. The van der Waals surface area contributed by atoms with Crippen molar-refractivity contribution in [3.05, 3.63) is 0 Å². The number of unbranched alkanes of at least 4 members (excludes halogenated alkanes) is 1. The molecule has 0 unspecified atom stereocenters. The maximum atomic E-state index is 4.76. The second kappa shape index (κ2) is 6.08. The molecule has 0 aliphatic heterocycles. The minimum absolute atomic E-state index is 0.778. The molecule has 1 nitrogen and oxygen atoms in total. The van der Waals surface area contributed by atoms with Gasteiger partial charge < -0.3 is 0 Å². The Labute approximate surface area is 50.2 Å². The summed E-state index contributed by atoms with van der Waals surface area (Å²) in [6.45, 7) is 2.90. The predicted molar refractivity (Wildman–Crippen MR) is 34.2 cm³/mol. The topological polar surface area (TPSA) is 9.23 Å². The first kappa shape index (κ1) is 7.08. The zero-order valence-corrected chi connectivity index (χ0v) is 5.33. The molecule has 0 bridgehead atoms. The van der Waals surface area contributed by atoms with Gasteiger partial charge in [0.15, 0.2) is 0 Å². The van der Waals surface area contributed by atoms with E-state index >= 15 is 0 Å². The third kappa shape index (κ3) is 6.08. The molecule has 0 aliphatic carbocycles. The Bertz CT molecular complexity index is 49.0. The molecule has 0 fully saturated rings. The monoisotopic (exact) mass is 116 g/mol. The Kier molecular flexibility index (Phi) is 6.16. The van der Waals surface area contributed by atoms with E-state index in [1.807, 2.05) is 0 Å². The van der Waals surface area contributed by atoms with E-state index in [0.717, 1.165) is 13.0 Å². The molecule has 0 radical (unpaired) electrons. The molecular formula is C4H9BOS. The van der Waals surface area contributed by atoms with E-state index in [9.17, 15) is 0 Å². The number of hydrogen-bond donors (Lipinski definition) is 0. The van der Waals surface area contributed by atoms with Crippen molar-refractivity contribution in [1.29, 1.82) is 0 Å². The van der Waals surface area contributed by atoms with Crippen LogP contribution in [0.25, 0.3) is 0 Å².